The highest BCUT2D eigenvalue weighted by Gasteiger charge is 2.20. The molecule has 3 heterocycles. The highest BCUT2D eigenvalue weighted by atomic mass is 32.1. The maximum atomic E-state index is 13.3. The van der Waals surface area contributed by atoms with E-state index in [0.29, 0.717) is 11.4 Å². The number of nitrogens with one attached hydrogen (secondary N) is 2. The van der Waals surface area contributed by atoms with Crippen LogP contribution in [0.25, 0.3) is 11.2 Å². The summed E-state index contributed by atoms with van der Waals surface area (Å²) in [5.41, 5.74) is 4.67. The predicted molar refractivity (Wildman–Crippen MR) is 129 cm³/mol. The molecule has 0 radical (unpaired) electrons. The Kier molecular flexibility index (Phi) is 6.73. The summed E-state index contributed by atoms with van der Waals surface area (Å²) in [7, 11) is 0. The van der Waals surface area contributed by atoms with Gasteiger partial charge in [-0.15, -0.1) is 11.3 Å². The molecule has 0 aliphatic heterocycles. The average molecular weight is 481 g/mol. The summed E-state index contributed by atoms with van der Waals surface area (Å²) in [6, 6.07) is 12.6. The molecule has 0 fully saturated rings. The molecule has 176 valence electrons. The topological polar surface area (TPSA) is 120 Å². The van der Waals surface area contributed by atoms with Gasteiger partial charge in [-0.3, -0.25) is 29.8 Å². The quantitative estimate of drug-likeness (QED) is 0.389. The third-order valence-corrected chi connectivity index (χ3v) is 5.96. The fraction of sp³-hybridized carbons (Fsp3) is 0.261. The second-order valence-electron chi connectivity index (χ2n) is 8.19. The molecule has 0 saturated heterocycles. The van der Waals surface area contributed by atoms with Gasteiger partial charge >= 0.3 is 5.69 Å². The van der Waals surface area contributed by atoms with E-state index in [0.717, 1.165) is 10.1 Å². The van der Waals surface area contributed by atoms with Crippen LogP contribution in [-0.4, -0.2) is 30.5 Å². The van der Waals surface area contributed by atoms with Crippen LogP contribution in [0.4, 0.5) is 0 Å². The number of carbonyl (C=O) groups is 2. The fourth-order valence-electron chi connectivity index (χ4n) is 3.60. The minimum atomic E-state index is -0.704. The summed E-state index contributed by atoms with van der Waals surface area (Å²) in [6.07, 6.45) is 1.54. The molecular weight excluding hydrogens is 456 g/mol. The van der Waals surface area contributed by atoms with Gasteiger partial charge in [0.15, 0.2) is 11.2 Å². The SMILES string of the molecule is CC(C)Cn1cnc2c1c(=O)n(CC(=O)NNC(=O)c1cccs1)c(=O)n2Cc1ccccc1. The molecule has 4 rings (SSSR count). The Balaban J connectivity index is 1.70. The van der Waals surface area contributed by atoms with Crippen LogP contribution in [0.2, 0.25) is 0 Å². The lowest BCUT2D eigenvalue weighted by atomic mass is 10.2. The number of hydrogen-bond donors (Lipinski definition) is 2. The lowest BCUT2D eigenvalue weighted by Crippen LogP contribution is -2.48. The Morgan fingerprint density at radius 3 is 2.47 bits per heavy atom. The number of hydrazine groups is 1. The molecule has 2 N–H and O–H groups in total. The van der Waals surface area contributed by atoms with Crippen molar-refractivity contribution in [3.05, 3.63) is 85.5 Å². The van der Waals surface area contributed by atoms with Crippen molar-refractivity contribution >= 4 is 34.3 Å². The Morgan fingerprint density at radius 2 is 1.79 bits per heavy atom. The number of amides is 2. The monoisotopic (exact) mass is 480 g/mol. The van der Waals surface area contributed by atoms with Gasteiger partial charge in [0.05, 0.1) is 17.7 Å². The number of rotatable bonds is 7. The van der Waals surface area contributed by atoms with E-state index >= 15 is 0 Å². The Bertz CT molecular complexity index is 1430. The number of aromatic nitrogens is 4. The smallest absolute Gasteiger partial charge is 0.324 e. The van der Waals surface area contributed by atoms with Crippen LogP contribution >= 0.6 is 11.3 Å². The van der Waals surface area contributed by atoms with Crippen molar-refractivity contribution in [2.24, 2.45) is 5.92 Å². The molecule has 2 amide bonds. The molecule has 0 aliphatic carbocycles. The number of fused-ring (bicyclic) bond motifs is 1. The van der Waals surface area contributed by atoms with Crippen molar-refractivity contribution in [2.45, 2.75) is 33.5 Å². The second kappa shape index (κ2) is 9.87. The summed E-state index contributed by atoms with van der Waals surface area (Å²) in [5, 5.41) is 1.74. The highest BCUT2D eigenvalue weighted by molar-refractivity contribution is 7.12. The lowest BCUT2D eigenvalue weighted by molar-refractivity contribution is -0.122. The zero-order valence-corrected chi connectivity index (χ0v) is 19.5. The van der Waals surface area contributed by atoms with E-state index in [9.17, 15) is 19.2 Å². The lowest BCUT2D eigenvalue weighted by Gasteiger charge is -2.13. The van der Waals surface area contributed by atoms with Crippen LogP contribution in [0.3, 0.4) is 0 Å². The number of nitrogens with zero attached hydrogens (tertiary/aromatic N) is 4. The Morgan fingerprint density at radius 1 is 1.03 bits per heavy atom. The van der Waals surface area contributed by atoms with Crippen LogP contribution in [0.5, 0.6) is 0 Å². The number of carbonyl (C=O) groups excluding carboxylic acids is 2. The van der Waals surface area contributed by atoms with Crippen molar-refractivity contribution in [1.29, 1.82) is 0 Å². The van der Waals surface area contributed by atoms with E-state index in [1.54, 1.807) is 28.4 Å². The van der Waals surface area contributed by atoms with Crippen LogP contribution in [0, 0.1) is 5.92 Å². The fourth-order valence-corrected chi connectivity index (χ4v) is 4.22. The highest BCUT2D eigenvalue weighted by Crippen LogP contribution is 2.12. The minimum Gasteiger partial charge on any atom is -0.324 e. The van der Waals surface area contributed by atoms with E-state index in [2.05, 4.69) is 15.8 Å². The van der Waals surface area contributed by atoms with Gasteiger partial charge in [-0.2, -0.15) is 0 Å². The van der Waals surface area contributed by atoms with Crippen LogP contribution < -0.4 is 22.1 Å². The van der Waals surface area contributed by atoms with Gasteiger partial charge in [-0.1, -0.05) is 50.2 Å². The summed E-state index contributed by atoms with van der Waals surface area (Å²) in [5.74, 6) is -0.956. The second-order valence-corrected chi connectivity index (χ2v) is 9.14. The molecule has 0 unspecified atom stereocenters. The van der Waals surface area contributed by atoms with Crippen molar-refractivity contribution in [3.63, 3.8) is 0 Å². The van der Waals surface area contributed by atoms with Gasteiger partial charge < -0.3 is 4.57 Å². The zero-order chi connectivity index (χ0) is 24.2. The normalized spacial score (nSPS) is 11.1. The Hall–Kier alpha value is -3.99. The molecule has 10 nitrogen and oxygen atoms in total. The maximum Gasteiger partial charge on any atom is 0.333 e. The number of benzene rings is 1. The summed E-state index contributed by atoms with van der Waals surface area (Å²) < 4.78 is 3.97. The van der Waals surface area contributed by atoms with Crippen molar-refractivity contribution in [3.8, 4) is 0 Å². The Labute approximate surface area is 198 Å². The molecule has 34 heavy (non-hydrogen) atoms. The number of hydrogen-bond acceptors (Lipinski definition) is 6. The van der Waals surface area contributed by atoms with Gasteiger partial charge in [0.1, 0.15) is 6.54 Å². The molecule has 0 atom stereocenters. The first-order chi connectivity index (χ1) is 16.3. The van der Waals surface area contributed by atoms with Crippen LogP contribution in [-0.2, 0) is 24.4 Å². The first-order valence-electron chi connectivity index (χ1n) is 10.7. The van der Waals surface area contributed by atoms with E-state index in [4.69, 9.17) is 0 Å². The van der Waals surface area contributed by atoms with Gasteiger partial charge in [0.25, 0.3) is 17.4 Å². The van der Waals surface area contributed by atoms with Crippen LogP contribution in [0.1, 0.15) is 29.1 Å². The molecule has 1 aromatic carbocycles. The summed E-state index contributed by atoms with van der Waals surface area (Å²) in [6.45, 7) is 4.17. The molecule has 0 aliphatic rings. The largest absolute Gasteiger partial charge is 0.333 e. The van der Waals surface area contributed by atoms with E-state index in [1.165, 1.54) is 15.9 Å². The van der Waals surface area contributed by atoms with Gasteiger partial charge in [-0.05, 0) is 22.9 Å². The number of thiophene rings is 1. The van der Waals surface area contributed by atoms with E-state index in [1.807, 2.05) is 44.2 Å². The molecule has 4 aromatic rings. The van der Waals surface area contributed by atoms with Crippen molar-refractivity contribution in [2.75, 3.05) is 0 Å². The third kappa shape index (κ3) is 4.84. The van der Waals surface area contributed by atoms with Gasteiger partial charge in [0, 0.05) is 6.54 Å². The van der Waals surface area contributed by atoms with Crippen molar-refractivity contribution < 1.29 is 9.59 Å². The molecule has 3 aromatic heterocycles. The zero-order valence-electron chi connectivity index (χ0n) is 18.7. The summed E-state index contributed by atoms with van der Waals surface area (Å²) in [4.78, 5) is 56.0. The third-order valence-electron chi connectivity index (χ3n) is 5.09. The molecule has 0 bridgehead atoms. The summed E-state index contributed by atoms with van der Waals surface area (Å²) >= 11 is 1.22. The average Bonchev–Trinajstić information content (AvgIpc) is 3.49. The molecular formula is C23H24N6O4S. The first-order valence-corrected chi connectivity index (χ1v) is 11.6. The minimum absolute atomic E-state index is 0.186. The molecule has 0 spiro atoms. The standard InChI is InChI=1S/C23H24N6O4S/c1-15(2)11-27-14-24-20-19(27)22(32)29(23(33)28(20)12-16-7-4-3-5-8-16)13-18(30)25-26-21(31)17-9-6-10-34-17/h3-10,14-15H,11-13H2,1-2H3,(H,25,30)(H,26,31). The van der Waals surface area contributed by atoms with Crippen LogP contribution in [0.15, 0.2) is 63.8 Å². The van der Waals surface area contributed by atoms with E-state index in [-0.39, 0.29) is 23.6 Å². The first kappa shape index (κ1) is 23.2. The molecule has 0 saturated carbocycles. The van der Waals surface area contributed by atoms with Gasteiger partial charge in [-0.25, -0.2) is 14.3 Å². The maximum absolute atomic E-state index is 13.3. The van der Waals surface area contributed by atoms with Crippen molar-refractivity contribution in [1.82, 2.24) is 29.5 Å². The van der Waals surface area contributed by atoms with Gasteiger partial charge in [0.2, 0.25) is 0 Å². The predicted octanol–water partition coefficient (Wildman–Crippen LogP) is 1.59. The number of imidazole rings is 1. The van der Waals surface area contributed by atoms with E-state index < -0.39 is 29.6 Å². The molecule has 11 heteroatoms.